The Morgan fingerprint density at radius 2 is 1.58 bits per heavy atom. The number of rotatable bonds is 9. The Labute approximate surface area is 193 Å². The Bertz CT molecular complexity index is 1270. The van der Waals surface area contributed by atoms with Crippen LogP contribution in [0.5, 0.6) is 5.75 Å². The van der Waals surface area contributed by atoms with Gasteiger partial charge in [0, 0.05) is 32.4 Å². The molecular formula is C20H26N4O7S2. The summed E-state index contributed by atoms with van der Waals surface area (Å²) in [5.41, 5.74) is 0.308. The largest absolute Gasteiger partial charge is 0.492 e. The third kappa shape index (κ3) is 6.91. The Hall–Kier alpha value is -3.16. The van der Waals surface area contributed by atoms with Gasteiger partial charge in [0.15, 0.2) is 0 Å². The first-order valence-electron chi connectivity index (χ1n) is 9.64. The molecule has 0 aliphatic carbocycles. The first kappa shape index (κ1) is 26.1. The molecule has 0 aromatic heterocycles. The van der Waals surface area contributed by atoms with E-state index >= 15 is 0 Å². The lowest BCUT2D eigenvalue weighted by atomic mass is 10.1. The zero-order valence-corrected chi connectivity index (χ0v) is 20.4. The molecule has 11 nitrogen and oxygen atoms in total. The number of carbonyl (C=O) groups excluding carboxylic acids is 2. The molecule has 2 rings (SSSR count). The number of hydrogen-bond acceptors (Lipinski definition) is 7. The molecule has 2 aromatic rings. The van der Waals surface area contributed by atoms with Gasteiger partial charge in [0.25, 0.3) is 5.91 Å². The lowest BCUT2D eigenvalue weighted by molar-refractivity contribution is -0.114. The topological polar surface area (TPSA) is 151 Å². The number of amides is 2. The first-order valence-corrected chi connectivity index (χ1v) is 13.0. The maximum Gasteiger partial charge on any atom is 0.257 e. The van der Waals surface area contributed by atoms with Crippen molar-refractivity contribution in [3.8, 4) is 5.75 Å². The lowest BCUT2D eigenvalue weighted by Gasteiger charge is -2.17. The maximum absolute atomic E-state index is 13.0. The number of sulfonamides is 2. The van der Waals surface area contributed by atoms with E-state index in [4.69, 9.17) is 4.74 Å². The normalized spacial score (nSPS) is 11.7. The second-order valence-electron chi connectivity index (χ2n) is 7.15. The predicted octanol–water partition coefficient (Wildman–Crippen LogP) is 1.92. The van der Waals surface area contributed by atoms with E-state index in [0.717, 1.165) is 10.6 Å². The van der Waals surface area contributed by atoms with E-state index in [9.17, 15) is 26.4 Å². The molecule has 180 valence electrons. The molecule has 0 saturated carbocycles. The third-order valence-electron chi connectivity index (χ3n) is 4.14. The number of hydrogen-bond donors (Lipinski definition) is 3. The molecule has 0 unspecified atom stereocenters. The monoisotopic (exact) mass is 498 g/mol. The van der Waals surface area contributed by atoms with Crippen molar-refractivity contribution in [3.63, 3.8) is 0 Å². The number of nitrogens with one attached hydrogen (secondary N) is 3. The number of anilines is 3. The Balaban J connectivity index is 2.51. The van der Waals surface area contributed by atoms with Crippen LogP contribution in [0.1, 0.15) is 24.2 Å². The second kappa shape index (κ2) is 10.2. The van der Waals surface area contributed by atoms with Gasteiger partial charge in [-0.05, 0) is 43.3 Å². The smallest absolute Gasteiger partial charge is 0.257 e. The van der Waals surface area contributed by atoms with Gasteiger partial charge in [0.05, 0.1) is 24.1 Å². The molecule has 0 saturated heterocycles. The average Bonchev–Trinajstić information content (AvgIpc) is 2.68. The van der Waals surface area contributed by atoms with Crippen LogP contribution in [-0.4, -0.2) is 59.9 Å². The fourth-order valence-corrected chi connectivity index (χ4v) is 4.39. The van der Waals surface area contributed by atoms with Crippen LogP contribution in [-0.2, 0) is 24.8 Å². The van der Waals surface area contributed by atoms with Gasteiger partial charge in [-0.15, -0.1) is 0 Å². The summed E-state index contributed by atoms with van der Waals surface area (Å²) in [5.74, 6) is -0.989. The summed E-state index contributed by atoms with van der Waals surface area (Å²) >= 11 is 0. The Morgan fingerprint density at radius 1 is 0.970 bits per heavy atom. The van der Waals surface area contributed by atoms with Crippen LogP contribution < -0.4 is 20.1 Å². The summed E-state index contributed by atoms with van der Waals surface area (Å²) in [7, 11) is -4.86. The van der Waals surface area contributed by atoms with Crippen LogP contribution in [0.2, 0.25) is 0 Å². The average molecular weight is 499 g/mol. The van der Waals surface area contributed by atoms with E-state index in [-0.39, 0.29) is 45.8 Å². The van der Waals surface area contributed by atoms with Crippen molar-refractivity contribution in [2.75, 3.05) is 42.3 Å². The fourth-order valence-electron chi connectivity index (χ4n) is 2.76. The van der Waals surface area contributed by atoms with Crippen molar-refractivity contribution in [1.82, 2.24) is 4.31 Å². The molecule has 2 amide bonds. The van der Waals surface area contributed by atoms with Gasteiger partial charge < -0.3 is 15.4 Å². The van der Waals surface area contributed by atoms with E-state index in [2.05, 4.69) is 15.4 Å². The molecule has 2 aromatic carbocycles. The Morgan fingerprint density at radius 3 is 2.12 bits per heavy atom. The lowest BCUT2D eigenvalue weighted by Crippen LogP contribution is -2.23. The zero-order chi connectivity index (χ0) is 25.0. The number of benzene rings is 2. The summed E-state index contributed by atoms with van der Waals surface area (Å²) in [6, 6.07) is 8.19. The van der Waals surface area contributed by atoms with Crippen molar-refractivity contribution in [2.45, 2.75) is 18.7 Å². The number of carbonyl (C=O) groups is 2. The highest BCUT2D eigenvalue weighted by Gasteiger charge is 2.24. The van der Waals surface area contributed by atoms with E-state index in [1.165, 1.54) is 57.4 Å². The molecule has 0 aliphatic rings. The summed E-state index contributed by atoms with van der Waals surface area (Å²) < 4.78 is 57.5. The van der Waals surface area contributed by atoms with Crippen LogP contribution in [0, 0.1) is 0 Å². The minimum absolute atomic E-state index is 0.0174. The quantitative estimate of drug-likeness (QED) is 0.478. The number of ether oxygens (including phenoxy) is 1. The molecular weight excluding hydrogens is 472 g/mol. The van der Waals surface area contributed by atoms with Gasteiger partial charge in [-0.3, -0.25) is 14.3 Å². The van der Waals surface area contributed by atoms with Gasteiger partial charge >= 0.3 is 0 Å². The highest BCUT2D eigenvalue weighted by atomic mass is 32.2. The van der Waals surface area contributed by atoms with Crippen LogP contribution in [0.25, 0.3) is 0 Å². The highest BCUT2D eigenvalue weighted by molar-refractivity contribution is 7.92. The van der Waals surface area contributed by atoms with Crippen LogP contribution >= 0.6 is 0 Å². The van der Waals surface area contributed by atoms with Crippen LogP contribution in [0.15, 0.2) is 41.3 Å². The highest BCUT2D eigenvalue weighted by Crippen LogP contribution is 2.30. The van der Waals surface area contributed by atoms with Gasteiger partial charge in [-0.1, -0.05) is 0 Å². The summed E-state index contributed by atoms with van der Waals surface area (Å²) in [4.78, 5) is 24.2. The molecule has 33 heavy (non-hydrogen) atoms. The Kier molecular flexibility index (Phi) is 8.06. The third-order valence-corrected chi connectivity index (χ3v) is 6.57. The molecule has 0 atom stereocenters. The minimum Gasteiger partial charge on any atom is -0.492 e. The zero-order valence-electron chi connectivity index (χ0n) is 18.8. The fraction of sp³-hybridized carbons (Fsp3) is 0.300. The SMILES string of the molecule is CCOc1ccc(NC(=O)c2cc(NC(C)=O)ccc2NS(C)(=O)=O)cc1S(=O)(=O)N(C)C. The van der Waals surface area contributed by atoms with E-state index in [1.807, 2.05) is 0 Å². The molecule has 0 radical (unpaired) electrons. The van der Waals surface area contributed by atoms with Crippen molar-refractivity contribution >= 4 is 48.9 Å². The molecule has 0 spiro atoms. The number of nitrogens with zero attached hydrogens (tertiary/aromatic N) is 1. The van der Waals surface area contributed by atoms with Crippen molar-refractivity contribution < 1.29 is 31.2 Å². The van der Waals surface area contributed by atoms with Crippen molar-refractivity contribution in [2.24, 2.45) is 0 Å². The summed E-state index contributed by atoms with van der Waals surface area (Å²) in [5, 5.41) is 5.08. The van der Waals surface area contributed by atoms with Crippen LogP contribution in [0.4, 0.5) is 17.1 Å². The van der Waals surface area contributed by atoms with Gasteiger partial charge in [-0.2, -0.15) is 0 Å². The van der Waals surface area contributed by atoms with Gasteiger partial charge in [-0.25, -0.2) is 21.1 Å². The van der Waals surface area contributed by atoms with E-state index in [1.54, 1.807) is 6.92 Å². The second-order valence-corrected chi connectivity index (χ2v) is 11.0. The molecule has 0 bridgehead atoms. The van der Waals surface area contributed by atoms with E-state index < -0.39 is 26.0 Å². The molecule has 0 heterocycles. The first-order chi connectivity index (χ1) is 15.2. The molecule has 3 N–H and O–H groups in total. The molecule has 0 aliphatic heterocycles. The predicted molar refractivity (Wildman–Crippen MR) is 126 cm³/mol. The van der Waals surface area contributed by atoms with Gasteiger partial charge in [0.2, 0.25) is 26.0 Å². The van der Waals surface area contributed by atoms with Crippen molar-refractivity contribution in [3.05, 3.63) is 42.0 Å². The standard InChI is InChI=1S/C20H26N4O7S2/c1-6-31-18-10-8-15(12-19(18)33(29,30)24(3)4)22-20(26)16-11-14(21-13(2)25)7-9-17(16)23-32(5,27)28/h7-12,23H,6H2,1-5H3,(H,21,25)(H,22,26). The van der Waals surface area contributed by atoms with Crippen molar-refractivity contribution in [1.29, 1.82) is 0 Å². The van der Waals surface area contributed by atoms with Crippen LogP contribution in [0.3, 0.4) is 0 Å². The summed E-state index contributed by atoms with van der Waals surface area (Å²) in [6.07, 6.45) is 0.932. The molecule has 0 fully saturated rings. The maximum atomic E-state index is 13.0. The minimum atomic E-state index is -3.89. The van der Waals surface area contributed by atoms with E-state index in [0.29, 0.717) is 0 Å². The molecule has 13 heteroatoms. The van der Waals surface area contributed by atoms with Gasteiger partial charge in [0.1, 0.15) is 10.6 Å². The summed E-state index contributed by atoms with van der Waals surface area (Å²) in [6.45, 7) is 3.23.